The molecule has 10 heteroatoms. The number of halogens is 2. The predicted octanol–water partition coefficient (Wildman–Crippen LogP) is 5.51. The third kappa shape index (κ3) is 7.89. The molecule has 3 rings (SSSR count). The summed E-state index contributed by atoms with van der Waals surface area (Å²) in [5, 5.41) is 2.93. The van der Waals surface area contributed by atoms with Gasteiger partial charge in [0, 0.05) is 17.1 Å². The molecule has 0 aromatic heterocycles. The SMILES string of the molecule is CCC(C)NC(=O)C(CC)N(Cc1ccc(F)cc1)C(=O)CN(c1ccc(Br)cc1)S(=O)(=O)c1ccccc1. The van der Waals surface area contributed by atoms with Crippen LogP contribution in [0.15, 0.2) is 88.2 Å². The number of sulfonamides is 1. The smallest absolute Gasteiger partial charge is 0.264 e. The number of rotatable bonds is 12. The van der Waals surface area contributed by atoms with Crippen molar-refractivity contribution in [3.05, 3.63) is 94.7 Å². The minimum absolute atomic E-state index is 0.00507. The summed E-state index contributed by atoms with van der Waals surface area (Å²) in [6.45, 7) is 5.08. The molecule has 2 unspecified atom stereocenters. The molecule has 0 aliphatic rings. The van der Waals surface area contributed by atoms with Crippen molar-refractivity contribution in [3.8, 4) is 0 Å². The number of hydrogen-bond acceptors (Lipinski definition) is 4. The van der Waals surface area contributed by atoms with E-state index < -0.39 is 34.3 Å². The Hall–Kier alpha value is -3.24. The highest BCUT2D eigenvalue weighted by Gasteiger charge is 2.33. The second kappa shape index (κ2) is 13.7. The summed E-state index contributed by atoms with van der Waals surface area (Å²) in [4.78, 5) is 28.6. The topological polar surface area (TPSA) is 86.8 Å². The quantitative estimate of drug-likeness (QED) is 0.290. The molecule has 2 amide bonds. The molecule has 0 bridgehead atoms. The second-order valence-corrected chi connectivity index (χ2v) is 12.0. The maximum Gasteiger partial charge on any atom is 0.264 e. The Bertz CT molecular complexity index is 1350. The minimum atomic E-state index is -4.13. The number of carbonyl (C=O) groups is 2. The van der Waals surface area contributed by atoms with Crippen molar-refractivity contribution in [2.75, 3.05) is 10.8 Å². The lowest BCUT2D eigenvalue weighted by molar-refractivity contribution is -0.140. The Morgan fingerprint density at radius 1 is 0.923 bits per heavy atom. The van der Waals surface area contributed by atoms with Gasteiger partial charge in [-0.25, -0.2) is 12.8 Å². The summed E-state index contributed by atoms with van der Waals surface area (Å²) < 4.78 is 42.9. The van der Waals surface area contributed by atoms with Crippen molar-refractivity contribution in [1.82, 2.24) is 10.2 Å². The van der Waals surface area contributed by atoms with Crippen LogP contribution in [0.4, 0.5) is 10.1 Å². The normalized spacial score (nSPS) is 12.8. The van der Waals surface area contributed by atoms with Crippen LogP contribution in [0.5, 0.6) is 0 Å². The molecular weight excluding hydrogens is 585 g/mol. The van der Waals surface area contributed by atoms with Crippen LogP contribution in [0, 0.1) is 5.82 Å². The van der Waals surface area contributed by atoms with Gasteiger partial charge in [0.15, 0.2) is 0 Å². The lowest BCUT2D eigenvalue weighted by Gasteiger charge is -2.33. The molecule has 0 aliphatic carbocycles. The lowest BCUT2D eigenvalue weighted by atomic mass is 10.1. The third-order valence-corrected chi connectivity index (χ3v) is 8.69. The fourth-order valence-corrected chi connectivity index (χ4v) is 5.70. The molecule has 7 nitrogen and oxygen atoms in total. The number of benzene rings is 3. The summed E-state index contributed by atoms with van der Waals surface area (Å²) in [6, 6.07) is 19.2. The molecule has 0 heterocycles. The summed E-state index contributed by atoms with van der Waals surface area (Å²) in [5.74, 6) is -1.31. The monoisotopic (exact) mass is 617 g/mol. The molecule has 0 spiro atoms. The highest BCUT2D eigenvalue weighted by Crippen LogP contribution is 2.26. The Labute approximate surface area is 238 Å². The first-order chi connectivity index (χ1) is 18.6. The fourth-order valence-electron chi connectivity index (χ4n) is 4.00. The predicted molar refractivity (Wildman–Crippen MR) is 154 cm³/mol. The van der Waals surface area contributed by atoms with Crippen LogP contribution in [0.3, 0.4) is 0 Å². The average Bonchev–Trinajstić information content (AvgIpc) is 2.93. The first kappa shape index (κ1) is 30.3. The van der Waals surface area contributed by atoms with Crippen molar-refractivity contribution < 1.29 is 22.4 Å². The molecule has 208 valence electrons. The van der Waals surface area contributed by atoms with Gasteiger partial charge in [0.05, 0.1) is 10.6 Å². The van der Waals surface area contributed by atoms with Crippen molar-refractivity contribution in [2.45, 2.75) is 57.1 Å². The zero-order valence-corrected chi connectivity index (χ0v) is 24.6. The maximum absolute atomic E-state index is 14.0. The second-order valence-electron chi connectivity index (χ2n) is 9.19. The highest BCUT2D eigenvalue weighted by molar-refractivity contribution is 9.10. The number of amides is 2. The standard InChI is InChI=1S/C29H33BrFN3O4S/c1-4-21(3)32-29(36)27(5-2)33(19-22-11-15-24(31)16-12-22)28(35)20-34(25-17-13-23(30)14-18-25)39(37,38)26-9-7-6-8-10-26/h6-18,21,27H,4-5,19-20H2,1-3H3,(H,32,36). The Morgan fingerprint density at radius 3 is 2.10 bits per heavy atom. The van der Waals surface area contributed by atoms with Crippen molar-refractivity contribution in [2.24, 2.45) is 0 Å². The zero-order valence-electron chi connectivity index (χ0n) is 22.2. The average molecular weight is 619 g/mol. The van der Waals surface area contributed by atoms with E-state index >= 15 is 0 Å². The van der Waals surface area contributed by atoms with Crippen LogP contribution >= 0.6 is 15.9 Å². The van der Waals surface area contributed by atoms with Gasteiger partial charge in [0.2, 0.25) is 11.8 Å². The zero-order chi connectivity index (χ0) is 28.6. The lowest BCUT2D eigenvalue weighted by Crippen LogP contribution is -2.53. The van der Waals surface area contributed by atoms with E-state index in [0.29, 0.717) is 24.1 Å². The van der Waals surface area contributed by atoms with Gasteiger partial charge in [-0.1, -0.05) is 60.1 Å². The summed E-state index contributed by atoms with van der Waals surface area (Å²) in [7, 11) is -4.13. The fraction of sp³-hybridized carbons (Fsp3) is 0.310. The van der Waals surface area contributed by atoms with Crippen LogP contribution in [0.1, 0.15) is 39.2 Å². The summed E-state index contributed by atoms with van der Waals surface area (Å²) in [6.07, 6.45) is 1.01. The Balaban J connectivity index is 2.03. The number of carbonyl (C=O) groups excluding carboxylic acids is 2. The number of nitrogens with one attached hydrogen (secondary N) is 1. The Morgan fingerprint density at radius 2 is 1.54 bits per heavy atom. The van der Waals surface area contributed by atoms with Gasteiger partial charge in [-0.2, -0.15) is 0 Å². The largest absolute Gasteiger partial charge is 0.352 e. The van der Waals surface area contributed by atoms with E-state index in [1.54, 1.807) is 61.5 Å². The number of nitrogens with zero attached hydrogens (tertiary/aromatic N) is 2. The van der Waals surface area contributed by atoms with E-state index in [2.05, 4.69) is 21.2 Å². The van der Waals surface area contributed by atoms with E-state index in [9.17, 15) is 22.4 Å². The van der Waals surface area contributed by atoms with Crippen molar-refractivity contribution >= 4 is 43.5 Å². The number of anilines is 1. The van der Waals surface area contributed by atoms with E-state index in [0.717, 1.165) is 8.78 Å². The van der Waals surface area contributed by atoms with Crippen LogP contribution in [0.25, 0.3) is 0 Å². The van der Waals surface area contributed by atoms with Gasteiger partial charge in [-0.15, -0.1) is 0 Å². The van der Waals surface area contributed by atoms with Crippen LogP contribution in [-0.4, -0.2) is 43.8 Å². The first-order valence-electron chi connectivity index (χ1n) is 12.7. The van der Waals surface area contributed by atoms with E-state index in [1.165, 1.54) is 29.2 Å². The molecule has 0 radical (unpaired) electrons. The van der Waals surface area contributed by atoms with Gasteiger partial charge >= 0.3 is 0 Å². The van der Waals surface area contributed by atoms with E-state index in [-0.39, 0.29) is 23.4 Å². The molecule has 3 aromatic carbocycles. The highest BCUT2D eigenvalue weighted by atomic mass is 79.9. The number of hydrogen-bond donors (Lipinski definition) is 1. The van der Waals surface area contributed by atoms with Gasteiger partial charge in [-0.3, -0.25) is 13.9 Å². The molecule has 3 aromatic rings. The van der Waals surface area contributed by atoms with Gasteiger partial charge < -0.3 is 10.2 Å². The summed E-state index contributed by atoms with van der Waals surface area (Å²) in [5.41, 5.74) is 0.912. The molecule has 1 N–H and O–H groups in total. The van der Waals surface area contributed by atoms with Crippen LogP contribution in [0.2, 0.25) is 0 Å². The molecule has 0 saturated heterocycles. The van der Waals surface area contributed by atoms with E-state index in [1.807, 2.05) is 13.8 Å². The van der Waals surface area contributed by atoms with E-state index in [4.69, 9.17) is 0 Å². The van der Waals surface area contributed by atoms with Crippen molar-refractivity contribution in [3.63, 3.8) is 0 Å². The molecule has 0 saturated carbocycles. The van der Waals surface area contributed by atoms with Crippen molar-refractivity contribution in [1.29, 1.82) is 0 Å². The molecule has 0 fully saturated rings. The molecule has 0 aliphatic heterocycles. The Kier molecular flexibility index (Phi) is 10.7. The van der Waals surface area contributed by atoms with Crippen LogP contribution in [-0.2, 0) is 26.2 Å². The van der Waals surface area contributed by atoms with Gasteiger partial charge in [0.1, 0.15) is 18.4 Å². The third-order valence-electron chi connectivity index (χ3n) is 6.38. The molecule has 2 atom stereocenters. The van der Waals surface area contributed by atoms with Gasteiger partial charge in [0.25, 0.3) is 10.0 Å². The summed E-state index contributed by atoms with van der Waals surface area (Å²) >= 11 is 3.36. The van der Waals surface area contributed by atoms with Gasteiger partial charge in [-0.05, 0) is 73.9 Å². The minimum Gasteiger partial charge on any atom is -0.352 e. The maximum atomic E-state index is 14.0. The molecule has 39 heavy (non-hydrogen) atoms. The first-order valence-corrected chi connectivity index (χ1v) is 15.0. The molecular formula is C29H33BrFN3O4S. The van der Waals surface area contributed by atoms with Crippen LogP contribution < -0.4 is 9.62 Å².